The topological polar surface area (TPSA) is 58.4 Å². The lowest BCUT2D eigenvalue weighted by molar-refractivity contribution is 0.0953. The lowest BCUT2D eigenvalue weighted by atomic mass is 10.1. The normalized spacial score (nSPS) is 10.8. The number of amides is 1. The number of nitrogens with two attached hydrogens (primary N) is 1. The molecule has 1 aromatic rings. The average Bonchev–Trinajstić information content (AvgIpc) is 2.44. The summed E-state index contributed by atoms with van der Waals surface area (Å²) in [6.07, 6.45) is 3.31. The van der Waals surface area contributed by atoms with Crippen LogP contribution in [0.5, 0.6) is 0 Å². The van der Waals surface area contributed by atoms with E-state index in [1.807, 2.05) is 19.1 Å². The molecule has 0 aliphatic carbocycles. The number of nitrogens with one attached hydrogen (secondary N) is 1. The Hall–Kier alpha value is -1.55. The number of carbonyl (C=O) groups excluding carboxylic acids is 1. The minimum atomic E-state index is -0.0514. The fourth-order valence-electron chi connectivity index (χ4n) is 2.02. The van der Waals surface area contributed by atoms with Crippen molar-refractivity contribution in [2.75, 3.05) is 25.9 Å². The molecule has 1 rings (SSSR count). The van der Waals surface area contributed by atoms with Crippen LogP contribution in [0.2, 0.25) is 0 Å². The number of nitrogen functional groups attached to an aromatic ring is 1. The molecule has 0 unspecified atom stereocenters. The van der Waals surface area contributed by atoms with E-state index in [2.05, 4.69) is 24.2 Å². The highest BCUT2D eigenvalue weighted by Gasteiger charge is 2.09. The summed E-state index contributed by atoms with van der Waals surface area (Å²) in [5.74, 6) is -0.0514. The Morgan fingerprint density at radius 3 is 2.65 bits per heavy atom. The molecule has 0 atom stereocenters. The third-order valence-electron chi connectivity index (χ3n) is 3.28. The van der Waals surface area contributed by atoms with Crippen LogP contribution in [0.3, 0.4) is 0 Å². The Bertz CT molecular complexity index is 432. The molecule has 0 aliphatic rings. The van der Waals surface area contributed by atoms with Crippen LogP contribution in [0.1, 0.15) is 49.0 Å². The van der Waals surface area contributed by atoms with Crippen LogP contribution in [0.25, 0.3) is 0 Å². The molecule has 0 radical (unpaired) electrons. The first-order valence-electron chi connectivity index (χ1n) is 7.43. The third kappa shape index (κ3) is 5.21. The van der Waals surface area contributed by atoms with Gasteiger partial charge in [-0.15, -0.1) is 0 Å². The van der Waals surface area contributed by atoms with Gasteiger partial charge >= 0.3 is 0 Å². The van der Waals surface area contributed by atoms with Gasteiger partial charge in [0.05, 0.1) is 0 Å². The van der Waals surface area contributed by atoms with E-state index in [4.69, 9.17) is 5.73 Å². The Balaban J connectivity index is 2.65. The zero-order chi connectivity index (χ0) is 15.0. The SMILES string of the molecule is CCCCN(C)Cc1ccc(C(=O)NCCC)cc1N. The first kappa shape index (κ1) is 16.5. The Kier molecular flexibility index (Phi) is 7.09. The summed E-state index contributed by atoms with van der Waals surface area (Å²) in [6, 6.07) is 5.58. The summed E-state index contributed by atoms with van der Waals surface area (Å²) in [5.41, 5.74) is 8.46. The number of nitrogens with zero attached hydrogens (tertiary/aromatic N) is 1. The van der Waals surface area contributed by atoms with Crippen molar-refractivity contribution in [1.82, 2.24) is 10.2 Å². The number of carbonyl (C=O) groups is 1. The van der Waals surface area contributed by atoms with Crippen LogP contribution in [0, 0.1) is 0 Å². The first-order chi connectivity index (χ1) is 9.58. The van der Waals surface area contributed by atoms with Gasteiger partial charge in [-0.25, -0.2) is 0 Å². The number of hydrogen-bond acceptors (Lipinski definition) is 3. The van der Waals surface area contributed by atoms with Gasteiger partial charge in [-0.3, -0.25) is 4.79 Å². The van der Waals surface area contributed by atoms with Crippen LogP contribution < -0.4 is 11.1 Å². The molecule has 112 valence electrons. The molecule has 0 saturated heterocycles. The highest BCUT2D eigenvalue weighted by Crippen LogP contribution is 2.16. The molecular formula is C16H27N3O. The predicted molar refractivity (Wildman–Crippen MR) is 84.7 cm³/mol. The molecule has 3 N–H and O–H groups in total. The second-order valence-corrected chi connectivity index (χ2v) is 5.26. The van der Waals surface area contributed by atoms with Crippen molar-refractivity contribution in [2.45, 2.75) is 39.7 Å². The summed E-state index contributed by atoms with van der Waals surface area (Å²) in [4.78, 5) is 14.1. The van der Waals surface area contributed by atoms with Gasteiger partial charge in [-0.2, -0.15) is 0 Å². The highest BCUT2D eigenvalue weighted by atomic mass is 16.1. The predicted octanol–water partition coefficient (Wildman–Crippen LogP) is 2.64. The van der Waals surface area contributed by atoms with E-state index < -0.39 is 0 Å². The fourth-order valence-corrected chi connectivity index (χ4v) is 2.02. The van der Waals surface area contributed by atoms with Gasteiger partial charge in [0.15, 0.2) is 0 Å². The third-order valence-corrected chi connectivity index (χ3v) is 3.28. The Labute approximate surface area is 122 Å². The molecule has 0 fully saturated rings. The summed E-state index contributed by atoms with van der Waals surface area (Å²) in [7, 11) is 2.09. The summed E-state index contributed by atoms with van der Waals surface area (Å²) in [5, 5.41) is 2.86. The van der Waals surface area contributed by atoms with Gasteiger partial charge in [0.1, 0.15) is 0 Å². The van der Waals surface area contributed by atoms with Crippen LogP contribution >= 0.6 is 0 Å². The van der Waals surface area contributed by atoms with Crippen LogP contribution in [0.15, 0.2) is 18.2 Å². The van der Waals surface area contributed by atoms with Crippen molar-refractivity contribution in [3.63, 3.8) is 0 Å². The van der Waals surface area contributed by atoms with E-state index in [0.717, 1.165) is 25.1 Å². The molecule has 0 bridgehead atoms. The minimum absolute atomic E-state index is 0.0514. The summed E-state index contributed by atoms with van der Waals surface area (Å²) < 4.78 is 0. The maximum absolute atomic E-state index is 11.9. The van der Waals surface area contributed by atoms with Gasteiger partial charge < -0.3 is 16.0 Å². The van der Waals surface area contributed by atoms with Crippen molar-refractivity contribution in [3.8, 4) is 0 Å². The molecule has 4 heteroatoms. The smallest absolute Gasteiger partial charge is 0.251 e. The van der Waals surface area contributed by atoms with E-state index in [0.29, 0.717) is 17.8 Å². The van der Waals surface area contributed by atoms with E-state index >= 15 is 0 Å². The number of anilines is 1. The average molecular weight is 277 g/mol. The van der Waals surface area contributed by atoms with Gasteiger partial charge in [0, 0.05) is 24.3 Å². The molecule has 0 heterocycles. The molecule has 20 heavy (non-hydrogen) atoms. The molecule has 0 aliphatic heterocycles. The monoisotopic (exact) mass is 277 g/mol. The second kappa shape index (κ2) is 8.59. The number of rotatable bonds is 8. The van der Waals surface area contributed by atoms with Crippen molar-refractivity contribution in [1.29, 1.82) is 0 Å². The van der Waals surface area contributed by atoms with E-state index in [-0.39, 0.29) is 5.91 Å². The Morgan fingerprint density at radius 1 is 1.30 bits per heavy atom. The van der Waals surface area contributed by atoms with Crippen LogP contribution in [-0.2, 0) is 6.54 Å². The van der Waals surface area contributed by atoms with Crippen LogP contribution in [-0.4, -0.2) is 30.9 Å². The number of benzene rings is 1. The second-order valence-electron chi connectivity index (χ2n) is 5.26. The Morgan fingerprint density at radius 2 is 2.05 bits per heavy atom. The standard InChI is InChI=1S/C16H27N3O/c1-4-6-10-19(3)12-14-8-7-13(11-15(14)17)16(20)18-9-5-2/h7-8,11H,4-6,9-10,12,17H2,1-3H3,(H,18,20). The molecule has 0 aromatic heterocycles. The van der Waals surface area contributed by atoms with E-state index in [9.17, 15) is 4.79 Å². The van der Waals surface area contributed by atoms with Crippen molar-refractivity contribution in [3.05, 3.63) is 29.3 Å². The van der Waals surface area contributed by atoms with E-state index in [1.165, 1.54) is 12.8 Å². The number of hydrogen-bond donors (Lipinski definition) is 2. The van der Waals surface area contributed by atoms with Gasteiger partial charge in [0.25, 0.3) is 5.91 Å². The first-order valence-corrected chi connectivity index (χ1v) is 7.43. The van der Waals surface area contributed by atoms with Gasteiger partial charge in [-0.1, -0.05) is 26.3 Å². The van der Waals surface area contributed by atoms with Gasteiger partial charge in [-0.05, 0) is 44.1 Å². The molecule has 0 spiro atoms. The zero-order valence-corrected chi connectivity index (χ0v) is 12.9. The fraction of sp³-hybridized carbons (Fsp3) is 0.562. The molecule has 1 aromatic carbocycles. The van der Waals surface area contributed by atoms with Crippen molar-refractivity contribution in [2.24, 2.45) is 0 Å². The molecule has 0 saturated carbocycles. The maximum atomic E-state index is 11.9. The quantitative estimate of drug-likeness (QED) is 0.718. The lowest BCUT2D eigenvalue weighted by Crippen LogP contribution is -2.24. The highest BCUT2D eigenvalue weighted by molar-refractivity contribution is 5.95. The molecule has 4 nitrogen and oxygen atoms in total. The zero-order valence-electron chi connectivity index (χ0n) is 12.9. The maximum Gasteiger partial charge on any atom is 0.251 e. The largest absolute Gasteiger partial charge is 0.398 e. The lowest BCUT2D eigenvalue weighted by Gasteiger charge is -2.17. The molecular weight excluding hydrogens is 250 g/mol. The minimum Gasteiger partial charge on any atom is -0.398 e. The van der Waals surface area contributed by atoms with E-state index in [1.54, 1.807) is 6.07 Å². The van der Waals surface area contributed by atoms with Crippen molar-refractivity contribution < 1.29 is 4.79 Å². The summed E-state index contributed by atoms with van der Waals surface area (Å²) in [6.45, 7) is 6.80. The van der Waals surface area contributed by atoms with Crippen molar-refractivity contribution >= 4 is 11.6 Å². The van der Waals surface area contributed by atoms with Crippen LogP contribution in [0.4, 0.5) is 5.69 Å². The number of unbranched alkanes of at least 4 members (excludes halogenated alkanes) is 1. The summed E-state index contributed by atoms with van der Waals surface area (Å²) >= 11 is 0. The van der Waals surface area contributed by atoms with Gasteiger partial charge in [0.2, 0.25) is 0 Å². The molecule has 1 amide bonds.